The van der Waals surface area contributed by atoms with Crippen LogP contribution in [0.15, 0.2) is 10.5 Å². The van der Waals surface area contributed by atoms with Gasteiger partial charge in [-0.2, -0.15) is 0 Å². The molecule has 0 atom stereocenters. The average Bonchev–Trinajstić information content (AvgIpc) is 2.68. The summed E-state index contributed by atoms with van der Waals surface area (Å²) in [5.74, 6) is -0.190. The van der Waals surface area contributed by atoms with Gasteiger partial charge in [0.15, 0.2) is 0 Å². The summed E-state index contributed by atoms with van der Waals surface area (Å²) in [5, 5.41) is 11.2. The van der Waals surface area contributed by atoms with Crippen molar-refractivity contribution in [2.75, 3.05) is 20.7 Å². The van der Waals surface area contributed by atoms with Gasteiger partial charge in [-0.1, -0.05) is 0 Å². The number of hydrogen-bond acceptors (Lipinski definition) is 4. The van der Waals surface area contributed by atoms with E-state index < -0.39 is 0 Å². The molecule has 120 valence electrons. The number of fused-ring (bicyclic) bond motifs is 1. The average molecular weight is 369 g/mol. The van der Waals surface area contributed by atoms with Crippen molar-refractivity contribution in [1.29, 1.82) is 0 Å². The molecule has 5 nitrogen and oxygen atoms in total. The number of carbonyl (C=O) groups is 1. The molecule has 0 aliphatic carbocycles. The molecule has 0 amide bonds. The maximum Gasteiger partial charge on any atom is 0.340 e. The summed E-state index contributed by atoms with van der Waals surface area (Å²) in [6, 6.07) is 1.83. The summed E-state index contributed by atoms with van der Waals surface area (Å²) < 4.78 is 7.77. The number of esters is 1. The molecule has 2 aromatic rings. The smallest absolute Gasteiger partial charge is 0.340 e. The first-order valence-corrected chi connectivity index (χ1v) is 7.90. The van der Waals surface area contributed by atoms with Crippen molar-refractivity contribution in [3.05, 3.63) is 27.4 Å². The zero-order valence-corrected chi connectivity index (χ0v) is 15.1. The highest BCUT2D eigenvalue weighted by atomic mass is 79.9. The monoisotopic (exact) mass is 368 g/mol. The zero-order valence-electron chi connectivity index (χ0n) is 13.5. The number of carbonyl (C=O) groups excluding carboxylic acids is 1. The molecule has 0 saturated carbocycles. The topological polar surface area (TPSA) is 54.7 Å². The van der Waals surface area contributed by atoms with E-state index in [4.69, 9.17) is 4.74 Å². The molecule has 0 radical (unpaired) electrons. The maximum atomic E-state index is 12.4. The van der Waals surface area contributed by atoms with Crippen LogP contribution in [0.25, 0.3) is 10.9 Å². The quantitative estimate of drug-likeness (QED) is 0.841. The van der Waals surface area contributed by atoms with Crippen LogP contribution in [0.5, 0.6) is 5.75 Å². The first kappa shape index (κ1) is 16.8. The molecular weight excluding hydrogens is 348 g/mol. The highest BCUT2D eigenvalue weighted by molar-refractivity contribution is 9.10. The molecular formula is C16H21BrN2O3. The fraction of sp³-hybridized carbons (Fsp3) is 0.438. The number of benzene rings is 1. The lowest BCUT2D eigenvalue weighted by atomic mass is 10.0. The van der Waals surface area contributed by atoms with Gasteiger partial charge in [0.05, 0.1) is 22.2 Å². The van der Waals surface area contributed by atoms with Gasteiger partial charge in [0, 0.05) is 30.2 Å². The van der Waals surface area contributed by atoms with Crippen LogP contribution in [0.3, 0.4) is 0 Å². The van der Waals surface area contributed by atoms with Crippen molar-refractivity contribution in [3.8, 4) is 5.75 Å². The van der Waals surface area contributed by atoms with Gasteiger partial charge in [0.2, 0.25) is 0 Å². The van der Waals surface area contributed by atoms with Crippen LogP contribution < -0.4 is 0 Å². The van der Waals surface area contributed by atoms with Gasteiger partial charge in [0.1, 0.15) is 5.75 Å². The van der Waals surface area contributed by atoms with Crippen LogP contribution in [-0.2, 0) is 18.3 Å². The van der Waals surface area contributed by atoms with E-state index in [1.807, 2.05) is 43.6 Å². The van der Waals surface area contributed by atoms with Crippen molar-refractivity contribution in [3.63, 3.8) is 0 Å². The van der Waals surface area contributed by atoms with E-state index in [9.17, 15) is 9.90 Å². The van der Waals surface area contributed by atoms with Gasteiger partial charge in [-0.3, -0.25) is 0 Å². The highest BCUT2D eigenvalue weighted by Gasteiger charge is 2.25. The highest BCUT2D eigenvalue weighted by Crippen LogP contribution is 2.39. The molecule has 0 aliphatic heterocycles. The van der Waals surface area contributed by atoms with Crippen molar-refractivity contribution in [2.24, 2.45) is 7.05 Å². The van der Waals surface area contributed by atoms with E-state index in [1.165, 1.54) is 0 Å². The Morgan fingerprint density at radius 3 is 2.64 bits per heavy atom. The number of ether oxygens (including phenoxy) is 1. The van der Waals surface area contributed by atoms with E-state index in [0.717, 1.165) is 22.2 Å². The van der Waals surface area contributed by atoms with Gasteiger partial charge >= 0.3 is 5.97 Å². The number of aryl methyl sites for hydroxylation is 1. The number of phenols is 1. The molecule has 1 aromatic heterocycles. The lowest BCUT2D eigenvalue weighted by molar-refractivity contribution is 0.0527. The summed E-state index contributed by atoms with van der Waals surface area (Å²) in [4.78, 5) is 14.3. The third-order valence-electron chi connectivity index (χ3n) is 3.76. The Bertz CT molecular complexity index is 735. The first-order valence-electron chi connectivity index (χ1n) is 7.10. The minimum Gasteiger partial charge on any atom is -0.506 e. The summed E-state index contributed by atoms with van der Waals surface area (Å²) in [5.41, 5.74) is 2.97. The van der Waals surface area contributed by atoms with Gasteiger partial charge in [-0.05, 0) is 49.9 Å². The van der Waals surface area contributed by atoms with Gasteiger partial charge < -0.3 is 19.3 Å². The molecule has 1 aromatic carbocycles. The predicted octanol–water partition coefficient (Wildman–Crippen LogP) is 3.19. The van der Waals surface area contributed by atoms with Crippen LogP contribution in [0.2, 0.25) is 0 Å². The number of hydrogen-bond donors (Lipinski definition) is 1. The Labute approximate surface area is 138 Å². The molecule has 0 bridgehead atoms. The largest absolute Gasteiger partial charge is 0.506 e. The second-order valence-corrected chi connectivity index (χ2v) is 6.41. The second-order valence-electron chi connectivity index (χ2n) is 5.56. The SMILES string of the molecule is CCOC(=O)c1c(C)n(C)c2cc(Br)c(O)c(CN(C)C)c12. The molecule has 6 heteroatoms. The molecule has 0 aliphatic rings. The molecule has 1 N–H and O–H groups in total. The third-order valence-corrected chi connectivity index (χ3v) is 4.37. The van der Waals surface area contributed by atoms with Crippen molar-refractivity contribution >= 4 is 32.8 Å². The minimum atomic E-state index is -0.354. The summed E-state index contributed by atoms with van der Waals surface area (Å²) >= 11 is 3.39. The van der Waals surface area contributed by atoms with Crippen LogP contribution in [0.1, 0.15) is 28.5 Å². The maximum absolute atomic E-state index is 12.4. The van der Waals surface area contributed by atoms with Crippen LogP contribution in [0, 0.1) is 6.92 Å². The van der Waals surface area contributed by atoms with E-state index in [1.54, 1.807) is 6.92 Å². The number of rotatable bonds is 4. The first-order chi connectivity index (χ1) is 10.3. The standard InChI is InChI=1S/C16H21BrN2O3/c1-6-22-16(21)13-9(2)19(5)12-7-11(17)15(20)10(14(12)13)8-18(3)4/h7,20H,6,8H2,1-5H3. The Kier molecular flexibility index (Phi) is 4.82. The second kappa shape index (κ2) is 6.30. The number of aromatic hydroxyl groups is 1. The van der Waals surface area contributed by atoms with E-state index in [2.05, 4.69) is 15.9 Å². The minimum absolute atomic E-state index is 0.164. The van der Waals surface area contributed by atoms with Crippen LogP contribution in [-0.4, -0.2) is 41.2 Å². The number of nitrogens with zero attached hydrogens (tertiary/aromatic N) is 2. The third kappa shape index (κ3) is 2.73. The van der Waals surface area contributed by atoms with Crippen molar-refractivity contribution < 1.29 is 14.6 Å². The molecule has 0 saturated heterocycles. The fourth-order valence-electron chi connectivity index (χ4n) is 2.67. The Morgan fingerprint density at radius 1 is 1.45 bits per heavy atom. The lowest BCUT2D eigenvalue weighted by Crippen LogP contribution is -2.12. The van der Waals surface area contributed by atoms with Crippen molar-refractivity contribution in [2.45, 2.75) is 20.4 Å². The van der Waals surface area contributed by atoms with E-state index in [0.29, 0.717) is 23.2 Å². The Hall–Kier alpha value is -1.53. The van der Waals surface area contributed by atoms with E-state index in [-0.39, 0.29) is 11.7 Å². The van der Waals surface area contributed by atoms with Gasteiger partial charge in [-0.25, -0.2) is 4.79 Å². The molecule has 0 fully saturated rings. The zero-order chi connectivity index (χ0) is 16.6. The van der Waals surface area contributed by atoms with Crippen LogP contribution in [0.4, 0.5) is 0 Å². The summed E-state index contributed by atoms with van der Waals surface area (Å²) in [6.07, 6.45) is 0. The fourth-order valence-corrected chi connectivity index (χ4v) is 3.13. The molecule has 1 heterocycles. The van der Waals surface area contributed by atoms with Crippen LogP contribution >= 0.6 is 15.9 Å². The molecule has 0 spiro atoms. The number of aromatic nitrogens is 1. The summed E-state index contributed by atoms with van der Waals surface area (Å²) in [6.45, 7) is 4.52. The Balaban J connectivity index is 2.87. The number of halogens is 1. The molecule has 0 unspecified atom stereocenters. The lowest BCUT2D eigenvalue weighted by Gasteiger charge is -2.15. The Morgan fingerprint density at radius 2 is 2.09 bits per heavy atom. The van der Waals surface area contributed by atoms with Crippen molar-refractivity contribution in [1.82, 2.24) is 9.47 Å². The molecule has 22 heavy (non-hydrogen) atoms. The molecule has 2 rings (SSSR count). The predicted molar refractivity (Wildman–Crippen MR) is 90.4 cm³/mol. The number of phenolic OH excluding ortho intramolecular Hbond substituents is 1. The van der Waals surface area contributed by atoms with E-state index >= 15 is 0 Å². The summed E-state index contributed by atoms with van der Waals surface area (Å²) in [7, 11) is 5.75. The normalized spacial score (nSPS) is 11.4. The van der Waals surface area contributed by atoms with Gasteiger partial charge in [-0.15, -0.1) is 0 Å². The van der Waals surface area contributed by atoms with Gasteiger partial charge in [0.25, 0.3) is 0 Å².